The topological polar surface area (TPSA) is 117 Å². The third-order valence-corrected chi connectivity index (χ3v) is 3.75. The maximum absolute atomic E-state index is 12.0. The number of phenolic OH excluding ortho intramolecular Hbond substituents is 1. The Morgan fingerprint density at radius 2 is 1.96 bits per heavy atom. The number of rotatable bonds is 3. The second-order valence-corrected chi connectivity index (χ2v) is 5.31. The lowest BCUT2D eigenvalue weighted by molar-refractivity contribution is 0.474. The van der Waals surface area contributed by atoms with Gasteiger partial charge in [0.25, 0.3) is 5.56 Å². The van der Waals surface area contributed by atoms with Gasteiger partial charge in [0.2, 0.25) is 5.95 Å². The molecule has 0 fully saturated rings. The number of fused-ring (bicyclic) bond motifs is 1. The average molecular weight is 328 g/mol. The lowest BCUT2D eigenvalue weighted by Crippen LogP contribution is -2.29. The Morgan fingerprint density at radius 1 is 1.25 bits per heavy atom. The van der Waals surface area contributed by atoms with E-state index in [9.17, 15) is 14.7 Å². The van der Waals surface area contributed by atoms with E-state index in [1.165, 1.54) is 16.2 Å². The van der Waals surface area contributed by atoms with Crippen LogP contribution in [0.25, 0.3) is 11.2 Å². The number of hydrazone groups is 1. The number of para-hydroxylation sites is 1. The summed E-state index contributed by atoms with van der Waals surface area (Å²) < 4.78 is 2.76. The lowest BCUT2D eigenvalue weighted by atomic mass is 10.1. The van der Waals surface area contributed by atoms with Crippen molar-refractivity contribution in [2.24, 2.45) is 19.2 Å². The van der Waals surface area contributed by atoms with Crippen molar-refractivity contribution in [3.63, 3.8) is 0 Å². The number of aryl methyl sites for hydroxylation is 2. The first kappa shape index (κ1) is 15.5. The molecular weight excluding hydrogens is 312 g/mol. The van der Waals surface area contributed by atoms with Gasteiger partial charge in [-0.2, -0.15) is 10.1 Å². The van der Waals surface area contributed by atoms with Crippen LogP contribution in [0.1, 0.15) is 12.5 Å². The fraction of sp³-hybridized carbons (Fsp3) is 0.200. The highest BCUT2D eigenvalue weighted by Gasteiger charge is 2.14. The van der Waals surface area contributed by atoms with Crippen LogP contribution in [0.2, 0.25) is 0 Å². The van der Waals surface area contributed by atoms with Gasteiger partial charge >= 0.3 is 5.69 Å². The zero-order valence-corrected chi connectivity index (χ0v) is 13.4. The smallest absolute Gasteiger partial charge is 0.329 e. The fourth-order valence-electron chi connectivity index (χ4n) is 2.38. The van der Waals surface area contributed by atoms with Crippen molar-refractivity contribution in [2.75, 3.05) is 5.43 Å². The molecule has 0 bridgehead atoms. The average Bonchev–Trinajstić information content (AvgIpc) is 2.88. The normalized spacial score (nSPS) is 11.9. The molecule has 1 aromatic carbocycles. The number of nitrogens with one attached hydrogen (secondary N) is 2. The van der Waals surface area contributed by atoms with Crippen molar-refractivity contribution in [2.45, 2.75) is 6.92 Å². The predicted octanol–water partition coefficient (Wildman–Crippen LogP) is 0.502. The van der Waals surface area contributed by atoms with E-state index in [-0.39, 0.29) is 16.9 Å². The third kappa shape index (κ3) is 2.45. The molecule has 124 valence electrons. The van der Waals surface area contributed by atoms with Crippen molar-refractivity contribution in [3.8, 4) is 5.75 Å². The number of benzene rings is 1. The van der Waals surface area contributed by atoms with E-state index in [4.69, 9.17) is 0 Å². The van der Waals surface area contributed by atoms with Gasteiger partial charge in [-0.05, 0) is 19.1 Å². The van der Waals surface area contributed by atoms with Crippen LogP contribution in [0, 0.1) is 0 Å². The number of hydrogen-bond donors (Lipinski definition) is 3. The number of aromatic nitrogens is 4. The van der Waals surface area contributed by atoms with E-state index in [0.29, 0.717) is 17.2 Å². The van der Waals surface area contributed by atoms with Crippen LogP contribution < -0.4 is 16.7 Å². The molecule has 3 N–H and O–H groups in total. The molecule has 3 aromatic rings. The second-order valence-electron chi connectivity index (χ2n) is 5.31. The van der Waals surface area contributed by atoms with E-state index in [1.807, 2.05) is 0 Å². The van der Waals surface area contributed by atoms with Crippen molar-refractivity contribution < 1.29 is 5.11 Å². The third-order valence-electron chi connectivity index (χ3n) is 3.75. The van der Waals surface area contributed by atoms with Gasteiger partial charge in [0.1, 0.15) is 5.75 Å². The molecule has 24 heavy (non-hydrogen) atoms. The molecule has 0 saturated heterocycles. The summed E-state index contributed by atoms with van der Waals surface area (Å²) in [6, 6.07) is 6.81. The minimum absolute atomic E-state index is 0.115. The Bertz CT molecular complexity index is 1070. The predicted molar refractivity (Wildman–Crippen MR) is 90.5 cm³/mol. The number of H-pyrrole nitrogens is 1. The van der Waals surface area contributed by atoms with Gasteiger partial charge in [0.05, 0.1) is 5.71 Å². The van der Waals surface area contributed by atoms with E-state index in [2.05, 4.69) is 20.5 Å². The van der Waals surface area contributed by atoms with E-state index < -0.39 is 11.2 Å². The molecule has 0 amide bonds. The molecule has 3 rings (SSSR count). The Balaban J connectivity index is 2.04. The number of aromatic hydroxyl groups is 1. The molecule has 0 unspecified atom stereocenters. The Hall–Kier alpha value is -3.36. The van der Waals surface area contributed by atoms with Crippen molar-refractivity contribution in [1.82, 2.24) is 19.1 Å². The summed E-state index contributed by atoms with van der Waals surface area (Å²) in [7, 11) is 3.16. The van der Waals surface area contributed by atoms with Crippen molar-refractivity contribution in [1.29, 1.82) is 0 Å². The minimum Gasteiger partial charge on any atom is -0.507 e. The van der Waals surface area contributed by atoms with E-state index in [0.717, 1.165) is 0 Å². The van der Waals surface area contributed by atoms with Crippen LogP contribution in [0.15, 0.2) is 39.0 Å². The van der Waals surface area contributed by atoms with Crippen LogP contribution in [-0.2, 0) is 14.1 Å². The first-order valence-electron chi connectivity index (χ1n) is 7.14. The number of anilines is 1. The monoisotopic (exact) mass is 328 g/mol. The van der Waals surface area contributed by atoms with Gasteiger partial charge in [0.15, 0.2) is 11.2 Å². The van der Waals surface area contributed by atoms with Gasteiger partial charge in [-0.3, -0.25) is 14.3 Å². The van der Waals surface area contributed by atoms with Crippen LogP contribution in [0.4, 0.5) is 5.95 Å². The standard InChI is InChI=1S/C15H16N6O3/c1-8(9-6-4-5-7-10(9)22)18-19-14-16-12-11(20(14)2)13(23)17-15(24)21(12)3/h4-7,22H,1-3H3,(H,16,19)(H,17,23,24)/b18-8+. The fourth-order valence-corrected chi connectivity index (χ4v) is 2.38. The quantitative estimate of drug-likeness (QED) is 0.478. The summed E-state index contributed by atoms with van der Waals surface area (Å²) in [6.07, 6.45) is 0. The van der Waals surface area contributed by atoms with Gasteiger partial charge < -0.3 is 9.67 Å². The SMILES string of the molecule is C/C(=N\Nc1nc2c(c(=O)[nH]c(=O)n2C)n1C)c1ccccc1O. The highest BCUT2D eigenvalue weighted by Crippen LogP contribution is 2.17. The Labute approximate surface area is 135 Å². The van der Waals surface area contributed by atoms with Gasteiger partial charge in [0, 0.05) is 19.7 Å². The Morgan fingerprint density at radius 3 is 2.67 bits per heavy atom. The highest BCUT2D eigenvalue weighted by molar-refractivity contribution is 6.01. The molecule has 0 radical (unpaired) electrons. The zero-order valence-electron chi connectivity index (χ0n) is 13.4. The molecule has 0 saturated carbocycles. The van der Waals surface area contributed by atoms with Gasteiger partial charge in [-0.25, -0.2) is 10.2 Å². The summed E-state index contributed by atoms with van der Waals surface area (Å²) in [6.45, 7) is 1.73. The summed E-state index contributed by atoms with van der Waals surface area (Å²) in [4.78, 5) is 30.1. The number of phenols is 1. The molecule has 9 heteroatoms. The molecule has 0 aliphatic rings. The molecule has 2 heterocycles. The molecule has 0 atom stereocenters. The van der Waals surface area contributed by atoms with Crippen molar-refractivity contribution in [3.05, 3.63) is 50.7 Å². The number of nitrogens with zero attached hydrogens (tertiary/aromatic N) is 4. The highest BCUT2D eigenvalue weighted by atomic mass is 16.3. The Kier molecular flexibility index (Phi) is 3.68. The molecule has 0 aliphatic carbocycles. The molecule has 2 aromatic heterocycles. The maximum atomic E-state index is 12.0. The lowest BCUT2D eigenvalue weighted by Gasteiger charge is -2.05. The number of imidazole rings is 1. The maximum Gasteiger partial charge on any atom is 0.329 e. The molecule has 0 aliphatic heterocycles. The summed E-state index contributed by atoms with van der Waals surface area (Å²) in [5.74, 6) is 0.413. The van der Waals surface area contributed by atoms with Crippen LogP contribution >= 0.6 is 0 Å². The van der Waals surface area contributed by atoms with Crippen LogP contribution in [0.3, 0.4) is 0 Å². The van der Waals surface area contributed by atoms with E-state index in [1.54, 1.807) is 38.2 Å². The molecule has 0 spiro atoms. The zero-order chi connectivity index (χ0) is 17.4. The number of hydrogen-bond acceptors (Lipinski definition) is 6. The minimum atomic E-state index is -0.536. The van der Waals surface area contributed by atoms with Crippen molar-refractivity contribution >= 4 is 22.8 Å². The van der Waals surface area contributed by atoms with Crippen LogP contribution in [-0.4, -0.2) is 29.9 Å². The van der Waals surface area contributed by atoms with Gasteiger partial charge in [-0.15, -0.1) is 0 Å². The number of aromatic amines is 1. The van der Waals surface area contributed by atoms with Crippen LogP contribution in [0.5, 0.6) is 5.75 Å². The second kappa shape index (κ2) is 5.69. The summed E-state index contributed by atoms with van der Waals surface area (Å²) in [5.41, 5.74) is 3.35. The molecule has 9 nitrogen and oxygen atoms in total. The van der Waals surface area contributed by atoms with E-state index >= 15 is 0 Å². The first-order valence-corrected chi connectivity index (χ1v) is 7.14. The summed E-state index contributed by atoms with van der Waals surface area (Å²) in [5, 5.41) is 14.0. The van der Waals surface area contributed by atoms with Gasteiger partial charge in [-0.1, -0.05) is 12.1 Å². The first-order chi connectivity index (χ1) is 11.4. The summed E-state index contributed by atoms with van der Waals surface area (Å²) >= 11 is 0. The molecular formula is C15H16N6O3. The largest absolute Gasteiger partial charge is 0.507 e.